The highest BCUT2D eigenvalue weighted by atomic mass is 32.1. The number of aromatic nitrogens is 1. The molecule has 20 heavy (non-hydrogen) atoms. The third kappa shape index (κ3) is 4.01. The Hall–Kier alpha value is -0.980. The predicted molar refractivity (Wildman–Crippen MR) is 81.8 cm³/mol. The first-order valence-corrected chi connectivity index (χ1v) is 7.99. The van der Waals surface area contributed by atoms with Crippen molar-refractivity contribution in [1.29, 1.82) is 0 Å². The van der Waals surface area contributed by atoms with Crippen LogP contribution in [-0.4, -0.2) is 60.5 Å². The van der Waals surface area contributed by atoms with Gasteiger partial charge >= 0.3 is 0 Å². The second-order valence-electron chi connectivity index (χ2n) is 5.41. The lowest BCUT2D eigenvalue weighted by Crippen LogP contribution is -2.50. The maximum atomic E-state index is 12.2. The molecule has 0 radical (unpaired) electrons. The minimum atomic E-state index is 0.0655. The van der Waals surface area contributed by atoms with Crippen molar-refractivity contribution in [3.8, 4) is 0 Å². The van der Waals surface area contributed by atoms with Gasteiger partial charge in [0.2, 0.25) is 5.91 Å². The predicted octanol–water partition coefficient (Wildman–Crippen LogP) is 0.951. The molecule has 2 rings (SSSR count). The van der Waals surface area contributed by atoms with Gasteiger partial charge in [-0.25, -0.2) is 4.98 Å². The summed E-state index contributed by atoms with van der Waals surface area (Å²) in [6, 6.07) is 0. The van der Waals surface area contributed by atoms with Gasteiger partial charge in [0.25, 0.3) is 0 Å². The normalized spacial score (nSPS) is 18.2. The van der Waals surface area contributed by atoms with E-state index in [9.17, 15) is 4.79 Å². The molecule has 0 saturated carbocycles. The molecule has 1 unspecified atom stereocenters. The summed E-state index contributed by atoms with van der Waals surface area (Å²) in [5.74, 6) is 0.336. The molecule has 0 bridgehead atoms. The number of hydrogen-bond acceptors (Lipinski definition) is 5. The summed E-state index contributed by atoms with van der Waals surface area (Å²) in [6.07, 6.45) is 1.96. The second-order valence-corrected chi connectivity index (χ2v) is 6.73. The van der Waals surface area contributed by atoms with Crippen LogP contribution in [0.2, 0.25) is 0 Å². The van der Waals surface area contributed by atoms with E-state index in [4.69, 9.17) is 0 Å². The summed E-state index contributed by atoms with van der Waals surface area (Å²) in [5.41, 5.74) is 0. The monoisotopic (exact) mass is 296 g/mol. The van der Waals surface area contributed by atoms with Gasteiger partial charge in [0, 0.05) is 56.3 Å². The van der Waals surface area contributed by atoms with Gasteiger partial charge in [-0.15, -0.1) is 11.3 Å². The fraction of sp³-hybridized carbons (Fsp3) is 0.714. The molecule has 1 aliphatic rings. The molecule has 1 aromatic heterocycles. The Morgan fingerprint density at radius 1 is 1.45 bits per heavy atom. The number of amides is 1. The molecule has 1 N–H and O–H groups in total. The summed E-state index contributed by atoms with van der Waals surface area (Å²) in [7, 11) is 1.89. The number of rotatable bonds is 5. The zero-order valence-corrected chi connectivity index (χ0v) is 13.4. The average Bonchev–Trinajstić information content (AvgIpc) is 2.84. The van der Waals surface area contributed by atoms with Crippen LogP contribution in [0, 0.1) is 12.8 Å². The van der Waals surface area contributed by atoms with Crippen LogP contribution < -0.4 is 5.32 Å². The van der Waals surface area contributed by atoms with Crippen LogP contribution >= 0.6 is 11.3 Å². The van der Waals surface area contributed by atoms with E-state index < -0.39 is 0 Å². The number of nitrogens with zero attached hydrogens (tertiary/aromatic N) is 3. The van der Waals surface area contributed by atoms with Gasteiger partial charge in [-0.05, 0) is 14.0 Å². The highest BCUT2D eigenvalue weighted by Crippen LogP contribution is 2.16. The first-order chi connectivity index (χ1) is 9.60. The molecule has 1 atom stereocenters. The van der Waals surface area contributed by atoms with Crippen LogP contribution in [0.4, 0.5) is 0 Å². The molecule has 6 heteroatoms. The number of carbonyl (C=O) groups excluding carboxylic acids is 1. The van der Waals surface area contributed by atoms with E-state index in [1.807, 2.05) is 32.0 Å². The smallest absolute Gasteiger partial charge is 0.226 e. The van der Waals surface area contributed by atoms with Gasteiger partial charge in [0.05, 0.1) is 5.01 Å². The molecule has 1 aliphatic heterocycles. The van der Waals surface area contributed by atoms with Crippen molar-refractivity contribution in [2.75, 3.05) is 39.8 Å². The average molecular weight is 296 g/mol. The SMILES string of the molecule is CNCC(C)C(=O)N1CCN(Cc2cnc(C)s2)CC1. The molecule has 5 nitrogen and oxygen atoms in total. The Morgan fingerprint density at radius 3 is 2.70 bits per heavy atom. The van der Waals surface area contributed by atoms with Crippen LogP contribution in [0.25, 0.3) is 0 Å². The largest absolute Gasteiger partial charge is 0.340 e. The van der Waals surface area contributed by atoms with E-state index in [2.05, 4.69) is 15.2 Å². The van der Waals surface area contributed by atoms with Crippen LogP contribution in [0.15, 0.2) is 6.20 Å². The molecule has 112 valence electrons. The molecule has 0 aromatic carbocycles. The van der Waals surface area contributed by atoms with Gasteiger partial charge in [-0.2, -0.15) is 0 Å². The molecule has 1 aromatic rings. The van der Waals surface area contributed by atoms with Gasteiger partial charge in [-0.3, -0.25) is 9.69 Å². The van der Waals surface area contributed by atoms with E-state index in [0.29, 0.717) is 0 Å². The number of thiazole rings is 1. The maximum absolute atomic E-state index is 12.2. The lowest BCUT2D eigenvalue weighted by Gasteiger charge is -2.35. The maximum Gasteiger partial charge on any atom is 0.226 e. The highest BCUT2D eigenvalue weighted by molar-refractivity contribution is 7.11. The standard InChI is InChI=1S/C14H24N4OS/c1-11(8-15-3)14(19)18-6-4-17(5-7-18)10-13-9-16-12(2)20-13/h9,11,15H,4-8,10H2,1-3H3. The summed E-state index contributed by atoms with van der Waals surface area (Å²) in [5, 5.41) is 4.19. The van der Waals surface area contributed by atoms with Crippen LogP contribution in [-0.2, 0) is 11.3 Å². The van der Waals surface area contributed by atoms with Gasteiger partial charge in [0.15, 0.2) is 0 Å². The van der Waals surface area contributed by atoms with Crippen molar-refractivity contribution in [2.24, 2.45) is 5.92 Å². The molecular formula is C14H24N4OS. The summed E-state index contributed by atoms with van der Waals surface area (Å²) < 4.78 is 0. The first kappa shape index (κ1) is 15.4. The van der Waals surface area contributed by atoms with Crippen LogP contribution in [0.1, 0.15) is 16.8 Å². The van der Waals surface area contributed by atoms with Crippen molar-refractivity contribution in [2.45, 2.75) is 20.4 Å². The Labute approximate surface area is 125 Å². The van der Waals surface area contributed by atoms with Gasteiger partial charge in [0.1, 0.15) is 0 Å². The third-order valence-corrected chi connectivity index (χ3v) is 4.56. The number of aryl methyl sites for hydroxylation is 1. The molecule has 2 heterocycles. The fourth-order valence-electron chi connectivity index (χ4n) is 2.53. The molecule has 0 spiro atoms. The second kappa shape index (κ2) is 7.15. The van der Waals surface area contributed by atoms with Gasteiger partial charge in [-0.1, -0.05) is 6.92 Å². The van der Waals surface area contributed by atoms with E-state index in [-0.39, 0.29) is 11.8 Å². The quantitative estimate of drug-likeness (QED) is 0.879. The minimum Gasteiger partial charge on any atom is -0.340 e. The Bertz CT molecular complexity index is 440. The van der Waals surface area contributed by atoms with E-state index in [1.54, 1.807) is 11.3 Å². The van der Waals surface area contributed by atoms with Crippen molar-refractivity contribution >= 4 is 17.2 Å². The Kier molecular flexibility index (Phi) is 5.51. The number of hydrogen-bond donors (Lipinski definition) is 1. The first-order valence-electron chi connectivity index (χ1n) is 7.17. The number of nitrogens with one attached hydrogen (secondary N) is 1. The number of piperazine rings is 1. The van der Waals surface area contributed by atoms with Gasteiger partial charge < -0.3 is 10.2 Å². The van der Waals surface area contributed by atoms with E-state index >= 15 is 0 Å². The fourth-order valence-corrected chi connectivity index (χ4v) is 3.37. The van der Waals surface area contributed by atoms with Crippen molar-refractivity contribution in [1.82, 2.24) is 20.1 Å². The summed E-state index contributed by atoms with van der Waals surface area (Å²) >= 11 is 1.76. The van der Waals surface area contributed by atoms with E-state index in [1.165, 1.54) is 4.88 Å². The molecule has 0 aliphatic carbocycles. The van der Waals surface area contributed by atoms with Crippen LogP contribution in [0.3, 0.4) is 0 Å². The van der Waals surface area contributed by atoms with E-state index in [0.717, 1.165) is 44.3 Å². The van der Waals surface area contributed by atoms with Crippen LogP contribution in [0.5, 0.6) is 0 Å². The molecule has 1 fully saturated rings. The van der Waals surface area contributed by atoms with Crippen molar-refractivity contribution < 1.29 is 4.79 Å². The number of carbonyl (C=O) groups is 1. The zero-order chi connectivity index (χ0) is 14.5. The summed E-state index contributed by atoms with van der Waals surface area (Å²) in [4.78, 5) is 22.2. The third-order valence-electron chi connectivity index (χ3n) is 3.66. The van der Waals surface area contributed by atoms with Crippen molar-refractivity contribution in [3.05, 3.63) is 16.1 Å². The Balaban J connectivity index is 1.78. The zero-order valence-electron chi connectivity index (χ0n) is 12.6. The molecule has 1 amide bonds. The molecule has 1 saturated heterocycles. The highest BCUT2D eigenvalue weighted by Gasteiger charge is 2.24. The summed E-state index contributed by atoms with van der Waals surface area (Å²) in [6.45, 7) is 9.32. The lowest BCUT2D eigenvalue weighted by atomic mass is 10.1. The topological polar surface area (TPSA) is 48.5 Å². The minimum absolute atomic E-state index is 0.0655. The van der Waals surface area contributed by atoms with Crippen molar-refractivity contribution in [3.63, 3.8) is 0 Å². The lowest BCUT2D eigenvalue weighted by molar-refractivity contribution is -0.136. The molecular weight excluding hydrogens is 272 g/mol. The Morgan fingerprint density at radius 2 is 2.15 bits per heavy atom.